The quantitative estimate of drug-likeness (QED) is 0.185. The van der Waals surface area contributed by atoms with E-state index in [1.807, 2.05) is 0 Å². The average Bonchev–Trinajstić information content (AvgIpc) is 3.88. The lowest BCUT2D eigenvalue weighted by molar-refractivity contribution is 1.01. The van der Waals surface area contributed by atoms with Crippen LogP contribution in [0.15, 0.2) is 182 Å². The summed E-state index contributed by atoms with van der Waals surface area (Å²) in [6.45, 7) is 0. The highest BCUT2D eigenvalue weighted by Crippen LogP contribution is 2.47. The number of fused-ring (bicyclic) bond motifs is 11. The van der Waals surface area contributed by atoms with Crippen LogP contribution in [0.4, 0.5) is 0 Å². The van der Waals surface area contributed by atoms with Gasteiger partial charge in [-0.2, -0.15) is 0 Å². The number of aromatic nitrogens is 4. The Bertz CT molecular complexity index is 3410. The summed E-state index contributed by atoms with van der Waals surface area (Å²) in [6.07, 6.45) is 0. The van der Waals surface area contributed by atoms with Crippen molar-refractivity contribution in [1.29, 1.82) is 0 Å². The van der Waals surface area contributed by atoms with Gasteiger partial charge in [-0.1, -0.05) is 146 Å². The van der Waals surface area contributed by atoms with Gasteiger partial charge in [0.25, 0.3) is 0 Å². The summed E-state index contributed by atoms with van der Waals surface area (Å²) in [6, 6.07) is 65.2. The molecule has 0 atom stereocenters. The minimum Gasteiger partial charge on any atom is -0.308 e. The third kappa shape index (κ3) is 4.08. The molecule has 0 N–H and O–H groups in total. The maximum absolute atomic E-state index is 5.49. The highest BCUT2D eigenvalue weighted by Gasteiger charge is 2.25. The summed E-state index contributed by atoms with van der Waals surface area (Å²) in [5, 5.41) is 8.41. The van der Waals surface area contributed by atoms with Gasteiger partial charge in [0.2, 0.25) is 5.95 Å². The van der Waals surface area contributed by atoms with Crippen molar-refractivity contribution in [3.8, 4) is 39.5 Å². The molecule has 4 heterocycles. The molecule has 54 heavy (non-hydrogen) atoms. The van der Waals surface area contributed by atoms with Crippen molar-refractivity contribution >= 4 is 70.8 Å². The molecule has 0 bridgehead atoms. The first-order valence-corrected chi connectivity index (χ1v) is 18.4. The van der Waals surface area contributed by atoms with E-state index in [1.165, 1.54) is 71.1 Å². The molecule has 0 radical (unpaired) electrons. The first-order chi connectivity index (χ1) is 26.8. The molecule has 0 aliphatic rings. The SMILES string of the molecule is c1ccc(-c2ccc(-c3nc(-n4c5ccc(-c6ccccc6)cc5c5c6c7ccccc7n7c8ccccc8c(cc54)c67)nc4ccccc34)cc2)cc1. The normalized spacial score (nSPS) is 12.1. The number of benzene rings is 8. The van der Waals surface area contributed by atoms with Crippen LogP contribution in [-0.2, 0) is 0 Å². The van der Waals surface area contributed by atoms with Gasteiger partial charge in [-0.3, -0.25) is 4.57 Å². The molecule has 12 rings (SSSR count). The van der Waals surface area contributed by atoms with E-state index in [9.17, 15) is 0 Å². The molecule has 0 aliphatic heterocycles. The van der Waals surface area contributed by atoms with Crippen LogP contribution < -0.4 is 0 Å². The second-order valence-corrected chi connectivity index (χ2v) is 14.2. The van der Waals surface area contributed by atoms with Crippen LogP contribution in [-0.4, -0.2) is 18.9 Å². The van der Waals surface area contributed by atoms with E-state index >= 15 is 0 Å². The van der Waals surface area contributed by atoms with Gasteiger partial charge < -0.3 is 4.40 Å². The Morgan fingerprint density at radius 2 is 0.907 bits per heavy atom. The van der Waals surface area contributed by atoms with Crippen LogP contribution >= 0.6 is 0 Å². The lowest BCUT2D eigenvalue weighted by Gasteiger charge is -2.12. The van der Waals surface area contributed by atoms with Gasteiger partial charge in [0.1, 0.15) is 0 Å². The van der Waals surface area contributed by atoms with Crippen LogP contribution in [0.1, 0.15) is 0 Å². The minimum atomic E-state index is 0.657. The van der Waals surface area contributed by atoms with E-state index in [4.69, 9.17) is 9.97 Å². The van der Waals surface area contributed by atoms with E-state index in [0.29, 0.717) is 5.95 Å². The molecule has 12 aromatic rings. The maximum atomic E-state index is 5.49. The molecule has 0 saturated carbocycles. The monoisotopic (exact) mass is 686 g/mol. The van der Waals surface area contributed by atoms with Gasteiger partial charge >= 0.3 is 0 Å². The van der Waals surface area contributed by atoms with Crippen LogP contribution in [0, 0.1) is 0 Å². The Kier molecular flexibility index (Phi) is 6.02. The third-order valence-corrected chi connectivity index (χ3v) is 11.3. The molecular weight excluding hydrogens is 657 g/mol. The Morgan fingerprint density at radius 1 is 0.333 bits per heavy atom. The molecule has 4 heteroatoms. The third-order valence-electron chi connectivity index (χ3n) is 11.3. The second-order valence-electron chi connectivity index (χ2n) is 14.2. The highest BCUT2D eigenvalue weighted by molar-refractivity contribution is 6.35. The first-order valence-electron chi connectivity index (χ1n) is 18.4. The number of para-hydroxylation sites is 3. The molecule has 0 fully saturated rings. The van der Waals surface area contributed by atoms with E-state index in [0.717, 1.165) is 33.2 Å². The molecular formula is C50H30N4. The summed E-state index contributed by atoms with van der Waals surface area (Å²) >= 11 is 0. The minimum absolute atomic E-state index is 0.657. The lowest BCUT2D eigenvalue weighted by atomic mass is 9.99. The highest BCUT2D eigenvalue weighted by atomic mass is 15.2. The van der Waals surface area contributed by atoms with E-state index < -0.39 is 0 Å². The van der Waals surface area contributed by atoms with Gasteiger partial charge in [0.05, 0.1) is 38.8 Å². The number of nitrogens with zero attached hydrogens (tertiary/aromatic N) is 4. The summed E-state index contributed by atoms with van der Waals surface area (Å²) in [5.74, 6) is 0.657. The summed E-state index contributed by atoms with van der Waals surface area (Å²) in [4.78, 5) is 10.8. The van der Waals surface area contributed by atoms with Gasteiger partial charge in [-0.25, -0.2) is 9.97 Å². The van der Waals surface area contributed by atoms with Crippen molar-refractivity contribution in [2.75, 3.05) is 0 Å². The van der Waals surface area contributed by atoms with Crippen LogP contribution in [0.3, 0.4) is 0 Å². The zero-order valence-electron chi connectivity index (χ0n) is 29.1. The Balaban J connectivity index is 1.21. The fourth-order valence-corrected chi connectivity index (χ4v) is 8.88. The summed E-state index contributed by atoms with van der Waals surface area (Å²) in [7, 11) is 0. The van der Waals surface area contributed by atoms with Crippen molar-refractivity contribution in [2.45, 2.75) is 0 Å². The van der Waals surface area contributed by atoms with Gasteiger partial charge in [0.15, 0.2) is 0 Å². The van der Waals surface area contributed by atoms with Crippen molar-refractivity contribution in [1.82, 2.24) is 18.9 Å². The Hall–Kier alpha value is -7.30. The number of hydrogen-bond donors (Lipinski definition) is 0. The van der Waals surface area contributed by atoms with Gasteiger partial charge in [-0.15, -0.1) is 0 Å². The fraction of sp³-hybridized carbons (Fsp3) is 0. The van der Waals surface area contributed by atoms with Crippen molar-refractivity contribution in [3.63, 3.8) is 0 Å². The predicted octanol–water partition coefficient (Wildman–Crippen LogP) is 12.9. The van der Waals surface area contributed by atoms with E-state index in [1.54, 1.807) is 0 Å². The lowest BCUT2D eigenvalue weighted by Crippen LogP contribution is -2.03. The largest absolute Gasteiger partial charge is 0.308 e. The van der Waals surface area contributed by atoms with E-state index in [2.05, 4.69) is 191 Å². The first kappa shape index (κ1) is 29.3. The van der Waals surface area contributed by atoms with Crippen LogP contribution in [0.2, 0.25) is 0 Å². The predicted molar refractivity (Wildman–Crippen MR) is 225 cm³/mol. The Morgan fingerprint density at radius 3 is 1.67 bits per heavy atom. The Labute approximate surface area is 310 Å². The van der Waals surface area contributed by atoms with Crippen LogP contribution in [0.25, 0.3) is 110 Å². The smallest absolute Gasteiger partial charge is 0.235 e. The molecule has 0 spiro atoms. The summed E-state index contributed by atoms with van der Waals surface area (Å²) in [5.41, 5.74) is 13.5. The van der Waals surface area contributed by atoms with Gasteiger partial charge in [0, 0.05) is 43.3 Å². The average molecular weight is 687 g/mol. The molecule has 0 saturated heterocycles. The van der Waals surface area contributed by atoms with Crippen molar-refractivity contribution < 1.29 is 0 Å². The molecule has 8 aromatic carbocycles. The molecule has 0 aliphatic carbocycles. The summed E-state index contributed by atoms with van der Waals surface area (Å²) < 4.78 is 4.76. The standard InChI is InChI=1S/C50H30N4/c1-3-13-31(14-4-1)33-23-25-34(26-24-33)48-37-18-7-10-20-41(37)51-50(52-48)54-44-28-27-35(32-15-5-2-6-16-32)29-40(44)46-45(54)30-39-36-17-8-11-21-42(36)53-43-22-12-9-19-38(43)47(46)49(39)53/h1-30H. The van der Waals surface area contributed by atoms with Crippen LogP contribution in [0.5, 0.6) is 0 Å². The zero-order valence-corrected chi connectivity index (χ0v) is 29.1. The van der Waals surface area contributed by atoms with Crippen molar-refractivity contribution in [2.24, 2.45) is 0 Å². The van der Waals surface area contributed by atoms with Gasteiger partial charge in [-0.05, 0) is 58.7 Å². The maximum Gasteiger partial charge on any atom is 0.235 e. The fourth-order valence-electron chi connectivity index (χ4n) is 8.88. The second kappa shape index (κ2) is 11.1. The molecule has 0 unspecified atom stereocenters. The van der Waals surface area contributed by atoms with Crippen molar-refractivity contribution in [3.05, 3.63) is 182 Å². The molecule has 4 aromatic heterocycles. The zero-order chi connectivity index (χ0) is 35.3. The van der Waals surface area contributed by atoms with E-state index in [-0.39, 0.29) is 0 Å². The number of hydrogen-bond acceptors (Lipinski definition) is 2. The molecule has 0 amide bonds. The molecule has 250 valence electrons. The number of rotatable bonds is 4. The topological polar surface area (TPSA) is 35.1 Å². The molecule has 4 nitrogen and oxygen atoms in total.